The molecule has 0 heterocycles. The fourth-order valence-electron chi connectivity index (χ4n) is 2.29. The van der Waals surface area contributed by atoms with Crippen molar-refractivity contribution in [2.45, 2.75) is 70.3 Å². The van der Waals surface area contributed by atoms with E-state index in [9.17, 15) is 0 Å². The van der Waals surface area contributed by atoms with Crippen LogP contribution < -0.4 is 0 Å². The summed E-state index contributed by atoms with van der Waals surface area (Å²) < 4.78 is 4.96. The van der Waals surface area contributed by atoms with Crippen LogP contribution in [0.4, 0.5) is 0 Å². The molecule has 0 aromatic rings. The van der Waals surface area contributed by atoms with Crippen molar-refractivity contribution < 1.29 is 19.2 Å². The molecule has 0 aromatic heterocycles. The van der Waals surface area contributed by atoms with Gasteiger partial charge in [-0.1, -0.05) is 0 Å². The molecule has 0 spiro atoms. The van der Waals surface area contributed by atoms with Crippen LogP contribution in [0.3, 0.4) is 0 Å². The van der Waals surface area contributed by atoms with Crippen molar-refractivity contribution in [3.05, 3.63) is 0 Å². The molecule has 5 heteroatoms. The molecule has 0 aliphatic heterocycles. The molecule has 0 amide bonds. The molecule has 4 nitrogen and oxygen atoms in total. The van der Waals surface area contributed by atoms with Crippen LogP contribution in [0.15, 0.2) is 0 Å². The van der Waals surface area contributed by atoms with Crippen molar-refractivity contribution in [2.75, 3.05) is 0 Å². The number of hydrogen-bond donors (Lipinski definition) is 3. The maximum absolute atomic E-state index is 8.94. The first-order chi connectivity index (χ1) is 7.58. The van der Waals surface area contributed by atoms with Gasteiger partial charge in [0.1, 0.15) is 0 Å². The Morgan fingerprint density at radius 3 is 1.44 bits per heavy atom. The third kappa shape index (κ3) is 7.53. The van der Waals surface area contributed by atoms with Crippen LogP contribution in [-0.4, -0.2) is 20.8 Å². The average Bonchev–Trinajstić information content (AvgIpc) is 2.22. The quantitative estimate of drug-likeness (QED) is 0.661. The Balaban J connectivity index is 2.33. The predicted octanol–water partition coefficient (Wildman–Crippen LogP) is 2.67. The number of hydrogen-bond acceptors (Lipinski definition) is 4. The Bertz CT molecular complexity index is 169. The van der Waals surface area contributed by atoms with Crippen LogP contribution in [-0.2, 0) is 4.52 Å². The molecule has 1 rings (SSSR count). The van der Waals surface area contributed by atoms with Gasteiger partial charge in [-0.15, -0.1) is 0 Å². The summed E-state index contributed by atoms with van der Waals surface area (Å²) in [5.41, 5.74) is 0. The van der Waals surface area contributed by atoms with E-state index in [1.807, 2.05) is 0 Å². The van der Waals surface area contributed by atoms with Crippen molar-refractivity contribution >= 4 is 8.17 Å². The Morgan fingerprint density at radius 2 is 1.06 bits per heavy atom. The third-order valence-corrected chi connectivity index (χ3v) is 3.78. The molecular formula is C11H25O4P. The van der Waals surface area contributed by atoms with Crippen LogP contribution in [0.1, 0.15) is 64.2 Å². The Kier molecular flexibility index (Phi) is 6.78. The molecule has 0 unspecified atom stereocenters. The standard InChI is InChI=1S/C11H25O4P/c12-16(13,14)15-11-9-7-5-3-1-2-4-6-8-10-11/h11-14,16H,1-10H2. The van der Waals surface area contributed by atoms with Crippen molar-refractivity contribution in [2.24, 2.45) is 0 Å². The van der Waals surface area contributed by atoms with Crippen molar-refractivity contribution in [1.29, 1.82) is 0 Å². The minimum atomic E-state index is -4.33. The summed E-state index contributed by atoms with van der Waals surface area (Å²) in [6.07, 6.45) is 11.1. The topological polar surface area (TPSA) is 69.9 Å². The van der Waals surface area contributed by atoms with Crippen LogP contribution in [0.5, 0.6) is 0 Å². The first-order valence-corrected chi connectivity index (χ1v) is 8.18. The van der Waals surface area contributed by atoms with E-state index in [0.29, 0.717) is 0 Å². The van der Waals surface area contributed by atoms with E-state index in [4.69, 9.17) is 19.2 Å². The summed E-state index contributed by atoms with van der Waals surface area (Å²) in [7, 11) is -4.33. The Hall–Kier alpha value is 0.270. The van der Waals surface area contributed by atoms with Crippen molar-refractivity contribution in [3.8, 4) is 0 Å². The Labute approximate surface area is 98.3 Å². The molecule has 3 N–H and O–H groups in total. The van der Waals surface area contributed by atoms with Crippen molar-refractivity contribution in [1.82, 2.24) is 0 Å². The second kappa shape index (κ2) is 7.57. The Morgan fingerprint density at radius 1 is 0.688 bits per heavy atom. The molecule has 0 saturated heterocycles. The molecule has 98 valence electrons. The molecule has 1 aliphatic rings. The summed E-state index contributed by atoms with van der Waals surface area (Å²) >= 11 is 0. The zero-order valence-corrected chi connectivity index (χ0v) is 10.9. The van der Waals surface area contributed by atoms with E-state index in [2.05, 4.69) is 0 Å². The fourth-order valence-corrected chi connectivity index (χ4v) is 2.97. The molecule has 1 fully saturated rings. The van der Waals surface area contributed by atoms with E-state index < -0.39 is 8.17 Å². The fraction of sp³-hybridized carbons (Fsp3) is 1.00. The third-order valence-electron chi connectivity index (χ3n) is 3.13. The summed E-state index contributed by atoms with van der Waals surface area (Å²) in [6, 6.07) is 0. The summed E-state index contributed by atoms with van der Waals surface area (Å²) in [5, 5.41) is 0. The number of rotatable bonds is 2. The van der Waals surface area contributed by atoms with Gasteiger partial charge >= 0.3 is 97.7 Å². The molecule has 16 heavy (non-hydrogen) atoms. The van der Waals surface area contributed by atoms with Crippen molar-refractivity contribution in [3.63, 3.8) is 0 Å². The molecule has 0 aromatic carbocycles. The SMILES string of the molecule is O[PH](O)(O)OC1CCCCCCCCCC1. The van der Waals surface area contributed by atoms with Crippen LogP contribution in [0.2, 0.25) is 0 Å². The second-order valence-corrected chi connectivity index (χ2v) is 6.10. The van der Waals surface area contributed by atoms with Gasteiger partial charge in [0.15, 0.2) is 0 Å². The summed E-state index contributed by atoms with van der Waals surface area (Å²) in [5.74, 6) is 0. The molecule has 0 atom stereocenters. The first kappa shape index (κ1) is 14.3. The van der Waals surface area contributed by atoms with E-state index in [-0.39, 0.29) is 6.10 Å². The minimum absolute atomic E-state index is 0.176. The molecule has 0 bridgehead atoms. The van der Waals surface area contributed by atoms with Crippen LogP contribution in [0.25, 0.3) is 0 Å². The summed E-state index contributed by atoms with van der Waals surface area (Å²) in [6.45, 7) is 0. The van der Waals surface area contributed by atoms with E-state index >= 15 is 0 Å². The monoisotopic (exact) mass is 252 g/mol. The molecule has 1 saturated carbocycles. The van der Waals surface area contributed by atoms with Gasteiger partial charge < -0.3 is 0 Å². The van der Waals surface area contributed by atoms with Gasteiger partial charge in [0.05, 0.1) is 0 Å². The van der Waals surface area contributed by atoms with Gasteiger partial charge in [-0.3, -0.25) is 0 Å². The van der Waals surface area contributed by atoms with Gasteiger partial charge in [-0.25, -0.2) is 0 Å². The molecule has 0 radical (unpaired) electrons. The van der Waals surface area contributed by atoms with Gasteiger partial charge in [0.2, 0.25) is 0 Å². The normalized spacial score (nSPS) is 23.7. The van der Waals surface area contributed by atoms with Gasteiger partial charge in [0.25, 0.3) is 0 Å². The second-order valence-electron chi connectivity index (χ2n) is 4.72. The zero-order chi connectivity index (χ0) is 11.9. The van der Waals surface area contributed by atoms with Crippen LogP contribution in [0, 0.1) is 0 Å². The predicted molar refractivity (Wildman–Crippen MR) is 66.0 cm³/mol. The molecule has 1 aliphatic carbocycles. The summed E-state index contributed by atoms with van der Waals surface area (Å²) in [4.78, 5) is 26.8. The van der Waals surface area contributed by atoms with Gasteiger partial charge in [-0.2, -0.15) is 0 Å². The van der Waals surface area contributed by atoms with Crippen LogP contribution >= 0.6 is 8.17 Å². The molecular weight excluding hydrogens is 227 g/mol. The van der Waals surface area contributed by atoms with E-state index in [1.165, 1.54) is 38.5 Å². The van der Waals surface area contributed by atoms with E-state index in [0.717, 1.165) is 25.7 Å². The average molecular weight is 252 g/mol. The first-order valence-electron chi connectivity index (χ1n) is 6.43. The zero-order valence-electron chi connectivity index (χ0n) is 9.90. The van der Waals surface area contributed by atoms with E-state index in [1.54, 1.807) is 0 Å². The van der Waals surface area contributed by atoms with Gasteiger partial charge in [-0.05, 0) is 0 Å². The van der Waals surface area contributed by atoms with Gasteiger partial charge in [0, 0.05) is 0 Å². The maximum atomic E-state index is 8.94.